The van der Waals surface area contributed by atoms with Gasteiger partial charge in [-0.15, -0.1) is 0 Å². The van der Waals surface area contributed by atoms with Crippen LogP contribution in [-0.2, 0) is 6.54 Å². The number of aryl methyl sites for hydroxylation is 1. The Hall–Kier alpha value is -1.20. The smallest absolute Gasteiger partial charge is 0.225 e. The standard InChI is InChI=1S/C12H23N5/c1-10-11(8-13)9-14-12(15-10)17(4)7-5-6-16(2)3/h9H,5-8,13H2,1-4H3. The van der Waals surface area contributed by atoms with Crippen LogP contribution in [0.25, 0.3) is 0 Å². The van der Waals surface area contributed by atoms with Crippen LogP contribution in [0.5, 0.6) is 0 Å². The second kappa shape index (κ2) is 6.51. The number of nitrogens with zero attached hydrogens (tertiary/aromatic N) is 4. The predicted octanol–water partition coefficient (Wildman–Crippen LogP) is 0.632. The molecule has 0 spiro atoms. The van der Waals surface area contributed by atoms with Crippen LogP contribution in [0.4, 0.5) is 5.95 Å². The molecule has 1 rings (SSSR count). The van der Waals surface area contributed by atoms with Gasteiger partial charge in [0.1, 0.15) is 0 Å². The van der Waals surface area contributed by atoms with Crippen LogP contribution in [0.3, 0.4) is 0 Å². The van der Waals surface area contributed by atoms with E-state index in [2.05, 4.69) is 33.9 Å². The molecule has 1 aromatic heterocycles. The molecule has 5 heteroatoms. The number of aromatic nitrogens is 2. The zero-order chi connectivity index (χ0) is 12.8. The zero-order valence-corrected chi connectivity index (χ0v) is 11.3. The normalized spacial score (nSPS) is 10.9. The summed E-state index contributed by atoms with van der Waals surface area (Å²) in [5.74, 6) is 0.776. The molecule has 5 nitrogen and oxygen atoms in total. The second-order valence-corrected chi connectivity index (χ2v) is 4.56. The van der Waals surface area contributed by atoms with Crippen molar-refractivity contribution < 1.29 is 0 Å². The summed E-state index contributed by atoms with van der Waals surface area (Å²) < 4.78 is 0. The van der Waals surface area contributed by atoms with Crippen molar-refractivity contribution in [3.63, 3.8) is 0 Å². The Kier molecular flexibility index (Phi) is 5.31. The summed E-state index contributed by atoms with van der Waals surface area (Å²) in [6, 6.07) is 0. The second-order valence-electron chi connectivity index (χ2n) is 4.56. The lowest BCUT2D eigenvalue weighted by Gasteiger charge is -2.19. The fraction of sp³-hybridized carbons (Fsp3) is 0.667. The van der Waals surface area contributed by atoms with Crippen molar-refractivity contribution in [1.29, 1.82) is 0 Å². The Morgan fingerprint density at radius 1 is 1.24 bits per heavy atom. The van der Waals surface area contributed by atoms with Gasteiger partial charge in [-0.25, -0.2) is 9.97 Å². The lowest BCUT2D eigenvalue weighted by molar-refractivity contribution is 0.401. The van der Waals surface area contributed by atoms with Gasteiger partial charge in [-0.3, -0.25) is 0 Å². The third-order valence-corrected chi connectivity index (χ3v) is 2.73. The van der Waals surface area contributed by atoms with E-state index in [4.69, 9.17) is 5.73 Å². The third-order valence-electron chi connectivity index (χ3n) is 2.73. The summed E-state index contributed by atoms with van der Waals surface area (Å²) >= 11 is 0. The van der Waals surface area contributed by atoms with Crippen LogP contribution in [-0.4, -0.2) is 49.1 Å². The van der Waals surface area contributed by atoms with Crippen LogP contribution >= 0.6 is 0 Å². The highest BCUT2D eigenvalue weighted by Gasteiger charge is 2.06. The summed E-state index contributed by atoms with van der Waals surface area (Å²) in [6.45, 7) is 4.50. The molecule has 0 aliphatic rings. The van der Waals surface area contributed by atoms with Gasteiger partial charge >= 0.3 is 0 Å². The average Bonchev–Trinajstić information content (AvgIpc) is 2.28. The molecule has 0 amide bonds. The lowest BCUT2D eigenvalue weighted by Crippen LogP contribution is -2.25. The van der Waals surface area contributed by atoms with Crippen LogP contribution < -0.4 is 10.6 Å². The van der Waals surface area contributed by atoms with Gasteiger partial charge in [0, 0.05) is 37.6 Å². The molecule has 1 heterocycles. The Morgan fingerprint density at radius 2 is 1.94 bits per heavy atom. The number of hydrogen-bond acceptors (Lipinski definition) is 5. The van der Waals surface area contributed by atoms with E-state index >= 15 is 0 Å². The van der Waals surface area contributed by atoms with Crippen LogP contribution in [0.15, 0.2) is 6.20 Å². The predicted molar refractivity (Wildman–Crippen MR) is 71.1 cm³/mol. The van der Waals surface area contributed by atoms with Crippen molar-refractivity contribution in [1.82, 2.24) is 14.9 Å². The minimum absolute atomic E-state index is 0.496. The number of hydrogen-bond donors (Lipinski definition) is 1. The molecule has 17 heavy (non-hydrogen) atoms. The van der Waals surface area contributed by atoms with Gasteiger partial charge in [-0.05, 0) is 34.0 Å². The monoisotopic (exact) mass is 237 g/mol. The topological polar surface area (TPSA) is 58.3 Å². The van der Waals surface area contributed by atoms with Crippen LogP contribution in [0.1, 0.15) is 17.7 Å². The van der Waals surface area contributed by atoms with E-state index in [1.807, 2.05) is 20.2 Å². The Bertz CT molecular complexity index is 351. The molecule has 0 bridgehead atoms. The molecule has 0 aliphatic carbocycles. The maximum absolute atomic E-state index is 5.59. The van der Waals surface area contributed by atoms with Gasteiger partial charge in [-0.1, -0.05) is 0 Å². The minimum atomic E-state index is 0.496. The van der Waals surface area contributed by atoms with Crippen molar-refractivity contribution in [2.45, 2.75) is 19.9 Å². The van der Waals surface area contributed by atoms with Gasteiger partial charge in [0.15, 0.2) is 0 Å². The fourth-order valence-corrected chi connectivity index (χ4v) is 1.59. The fourth-order valence-electron chi connectivity index (χ4n) is 1.59. The van der Waals surface area contributed by atoms with E-state index in [-0.39, 0.29) is 0 Å². The average molecular weight is 237 g/mol. The molecular formula is C12H23N5. The first kappa shape index (κ1) is 13.9. The first-order valence-corrected chi connectivity index (χ1v) is 5.93. The maximum Gasteiger partial charge on any atom is 0.225 e. The summed E-state index contributed by atoms with van der Waals surface area (Å²) in [4.78, 5) is 13.1. The van der Waals surface area contributed by atoms with Crippen molar-refractivity contribution in [2.75, 3.05) is 39.1 Å². The van der Waals surface area contributed by atoms with Gasteiger partial charge in [0.05, 0.1) is 0 Å². The molecule has 0 aliphatic heterocycles. The van der Waals surface area contributed by atoms with E-state index in [1.165, 1.54) is 0 Å². The van der Waals surface area contributed by atoms with Crippen molar-refractivity contribution in [2.24, 2.45) is 5.73 Å². The van der Waals surface area contributed by atoms with E-state index in [9.17, 15) is 0 Å². The van der Waals surface area contributed by atoms with Crippen molar-refractivity contribution in [3.8, 4) is 0 Å². The maximum atomic E-state index is 5.59. The number of nitrogens with two attached hydrogens (primary N) is 1. The van der Waals surface area contributed by atoms with Gasteiger partial charge in [-0.2, -0.15) is 0 Å². The molecule has 0 saturated carbocycles. The number of rotatable bonds is 6. The molecule has 0 atom stereocenters. The lowest BCUT2D eigenvalue weighted by atomic mass is 10.2. The van der Waals surface area contributed by atoms with Crippen LogP contribution in [0.2, 0.25) is 0 Å². The summed E-state index contributed by atoms with van der Waals surface area (Å²) in [7, 11) is 6.18. The molecule has 0 aromatic carbocycles. The van der Waals surface area contributed by atoms with Crippen molar-refractivity contribution in [3.05, 3.63) is 17.5 Å². The molecule has 96 valence electrons. The third kappa shape index (κ3) is 4.28. The van der Waals surface area contributed by atoms with E-state index in [0.717, 1.165) is 36.7 Å². The molecule has 2 N–H and O–H groups in total. The highest BCUT2D eigenvalue weighted by Crippen LogP contribution is 2.09. The van der Waals surface area contributed by atoms with Gasteiger partial charge in [0.25, 0.3) is 0 Å². The molecule has 0 saturated heterocycles. The quantitative estimate of drug-likeness (QED) is 0.786. The molecule has 0 radical (unpaired) electrons. The SMILES string of the molecule is Cc1nc(N(C)CCCN(C)C)ncc1CN. The Labute approximate surface area is 104 Å². The largest absolute Gasteiger partial charge is 0.344 e. The van der Waals surface area contributed by atoms with Crippen molar-refractivity contribution >= 4 is 5.95 Å². The highest BCUT2D eigenvalue weighted by atomic mass is 15.2. The molecule has 0 fully saturated rings. The first-order chi connectivity index (χ1) is 8.04. The number of anilines is 1. The minimum Gasteiger partial charge on any atom is -0.344 e. The Morgan fingerprint density at radius 3 is 2.47 bits per heavy atom. The summed E-state index contributed by atoms with van der Waals surface area (Å²) in [5, 5.41) is 0. The molecular weight excluding hydrogens is 214 g/mol. The van der Waals surface area contributed by atoms with Gasteiger partial charge in [0.2, 0.25) is 5.95 Å². The first-order valence-electron chi connectivity index (χ1n) is 5.93. The van der Waals surface area contributed by atoms with E-state index in [1.54, 1.807) is 0 Å². The molecule has 1 aromatic rings. The zero-order valence-electron chi connectivity index (χ0n) is 11.3. The summed E-state index contributed by atoms with van der Waals surface area (Å²) in [6.07, 6.45) is 2.92. The Balaban J connectivity index is 2.57. The summed E-state index contributed by atoms with van der Waals surface area (Å²) in [5.41, 5.74) is 7.57. The van der Waals surface area contributed by atoms with E-state index in [0.29, 0.717) is 6.54 Å². The van der Waals surface area contributed by atoms with Crippen LogP contribution in [0, 0.1) is 6.92 Å². The van der Waals surface area contributed by atoms with E-state index < -0.39 is 0 Å². The molecule has 0 unspecified atom stereocenters. The van der Waals surface area contributed by atoms with Gasteiger partial charge < -0.3 is 15.5 Å². The highest BCUT2D eigenvalue weighted by molar-refractivity contribution is 5.31.